The van der Waals surface area contributed by atoms with E-state index < -0.39 is 0 Å². The van der Waals surface area contributed by atoms with E-state index in [1.54, 1.807) is 0 Å². The molecule has 0 aliphatic rings. The van der Waals surface area contributed by atoms with Crippen molar-refractivity contribution in [2.24, 2.45) is 5.92 Å². The summed E-state index contributed by atoms with van der Waals surface area (Å²) in [5.74, 6) is 0.507. The van der Waals surface area contributed by atoms with Gasteiger partial charge in [-0.25, -0.2) is 0 Å². The molecule has 1 rings (SSSR count). The summed E-state index contributed by atoms with van der Waals surface area (Å²) in [5, 5.41) is 2.89. The Hall–Kier alpha value is -1.02. The Bertz CT molecular complexity index is 415. The van der Waals surface area contributed by atoms with E-state index in [1.807, 2.05) is 32.0 Å². The summed E-state index contributed by atoms with van der Waals surface area (Å²) in [6.45, 7) is 8.74. The zero-order valence-corrected chi connectivity index (χ0v) is 12.3. The largest absolute Gasteiger partial charge is 0.351 e. The minimum absolute atomic E-state index is 0.000274. The zero-order valence-electron chi connectivity index (χ0n) is 11.6. The summed E-state index contributed by atoms with van der Waals surface area (Å²) < 4.78 is 0. The first kappa shape index (κ1) is 15.0. The average Bonchev–Trinajstić information content (AvgIpc) is 2.25. The summed E-state index contributed by atoms with van der Waals surface area (Å²) in [7, 11) is 0. The van der Waals surface area contributed by atoms with E-state index in [2.05, 4.69) is 19.2 Å². The predicted octanol–water partition coefficient (Wildman–Crippen LogP) is 3.69. The zero-order chi connectivity index (χ0) is 13.7. The quantitative estimate of drug-likeness (QED) is 0.810. The second-order valence-electron chi connectivity index (χ2n) is 5.26. The Morgan fingerprint density at radius 2 is 2.00 bits per heavy atom. The second kappa shape index (κ2) is 6.79. The van der Waals surface area contributed by atoms with Crippen molar-refractivity contribution in [1.82, 2.24) is 5.32 Å². The highest BCUT2D eigenvalue weighted by atomic mass is 35.5. The lowest BCUT2D eigenvalue weighted by atomic mass is 10.0. The summed E-state index contributed by atoms with van der Waals surface area (Å²) in [6, 6.07) is 5.83. The van der Waals surface area contributed by atoms with Gasteiger partial charge in [0.25, 0.3) is 5.91 Å². The molecule has 3 heteroatoms. The third-order valence-electron chi connectivity index (χ3n) is 2.84. The molecule has 1 aromatic rings. The molecule has 2 nitrogen and oxygen atoms in total. The Kier molecular flexibility index (Phi) is 5.67. The fraction of sp³-hybridized carbons (Fsp3) is 0.533. The fourth-order valence-electron chi connectivity index (χ4n) is 1.96. The van der Waals surface area contributed by atoms with Gasteiger partial charge in [0.1, 0.15) is 0 Å². The molecule has 1 N–H and O–H groups in total. The van der Waals surface area contributed by atoms with Crippen molar-refractivity contribution in [3.05, 3.63) is 34.9 Å². The van der Waals surface area contributed by atoms with E-state index in [0.29, 0.717) is 12.5 Å². The van der Waals surface area contributed by atoms with Crippen LogP contribution in [0.2, 0.25) is 0 Å². The number of benzene rings is 1. The summed E-state index contributed by atoms with van der Waals surface area (Å²) >= 11 is 6.16. The molecule has 0 aliphatic heterocycles. The van der Waals surface area contributed by atoms with Gasteiger partial charge in [0.2, 0.25) is 0 Å². The molecule has 1 amide bonds. The standard InChI is InChI=1S/C15H22ClNO/c1-10(2)7-13(16)9-17-15(18)14-6-5-11(3)8-12(14)4/h5-6,8,10,13H,7,9H2,1-4H3,(H,17,18). The second-order valence-corrected chi connectivity index (χ2v) is 5.87. The molecule has 1 unspecified atom stereocenters. The molecule has 0 spiro atoms. The van der Waals surface area contributed by atoms with Crippen LogP contribution in [0.3, 0.4) is 0 Å². The molecule has 0 bridgehead atoms. The van der Waals surface area contributed by atoms with Crippen LogP contribution in [0.25, 0.3) is 0 Å². The number of hydrogen-bond donors (Lipinski definition) is 1. The van der Waals surface area contributed by atoms with Crippen molar-refractivity contribution in [1.29, 1.82) is 0 Å². The van der Waals surface area contributed by atoms with E-state index in [4.69, 9.17) is 11.6 Å². The molecule has 18 heavy (non-hydrogen) atoms. The van der Waals surface area contributed by atoms with E-state index in [9.17, 15) is 4.79 Å². The molecule has 0 saturated heterocycles. The molecule has 0 radical (unpaired) electrons. The molecule has 0 aliphatic carbocycles. The topological polar surface area (TPSA) is 29.1 Å². The van der Waals surface area contributed by atoms with E-state index in [0.717, 1.165) is 17.5 Å². The number of rotatable bonds is 5. The lowest BCUT2D eigenvalue weighted by molar-refractivity contribution is 0.0952. The van der Waals surface area contributed by atoms with Crippen LogP contribution in [0.5, 0.6) is 0 Å². The van der Waals surface area contributed by atoms with Crippen molar-refractivity contribution >= 4 is 17.5 Å². The highest BCUT2D eigenvalue weighted by Gasteiger charge is 2.12. The first-order valence-electron chi connectivity index (χ1n) is 6.39. The van der Waals surface area contributed by atoms with Gasteiger partial charge in [0, 0.05) is 12.1 Å². The van der Waals surface area contributed by atoms with Crippen molar-refractivity contribution in [2.75, 3.05) is 6.54 Å². The number of alkyl halides is 1. The SMILES string of the molecule is Cc1ccc(C(=O)NCC(Cl)CC(C)C)c(C)c1. The van der Waals surface area contributed by atoms with Crippen LogP contribution >= 0.6 is 11.6 Å². The maximum atomic E-state index is 12.0. The lowest BCUT2D eigenvalue weighted by Gasteiger charge is -2.14. The number of nitrogens with one attached hydrogen (secondary N) is 1. The third kappa shape index (κ3) is 4.69. The smallest absolute Gasteiger partial charge is 0.251 e. The molecular formula is C15H22ClNO. The van der Waals surface area contributed by atoms with Crippen LogP contribution in [0.1, 0.15) is 41.8 Å². The van der Waals surface area contributed by atoms with Crippen LogP contribution in [0.15, 0.2) is 18.2 Å². The first-order valence-corrected chi connectivity index (χ1v) is 6.83. The van der Waals surface area contributed by atoms with Gasteiger partial charge in [-0.2, -0.15) is 0 Å². The maximum absolute atomic E-state index is 12.0. The third-order valence-corrected chi connectivity index (χ3v) is 3.17. The monoisotopic (exact) mass is 267 g/mol. The first-order chi connectivity index (χ1) is 8.40. The van der Waals surface area contributed by atoms with E-state index in [1.165, 1.54) is 5.56 Å². The van der Waals surface area contributed by atoms with Crippen LogP contribution in [0.4, 0.5) is 0 Å². The van der Waals surface area contributed by atoms with Gasteiger partial charge < -0.3 is 5.32 Å². The molecular weight excluding hydrogens is 246 g/mol. The number of carbonyl (C=O) groups excluding carboxylic acids is 1. The number of hydrogen-bond acceptors (Lipinski definition) is 1. The Morgan fingerprint density at radius 3 is 2.56 bits per heavy atom. The summed E-state index contributed by atoms with van der Waals surface area (Å²) in [4.78, 5) is 12.0. The molecule has 0 fully saturated rings. The van der Waals surface area contributed by atoms with Crippen molar-refractivity contribution < 1.29 is 4.79 Å². The number of halogens is 1. The van der Waals surface area contributed by atoms with E-state index in [-0.39, 0.29) is 11.3 Å². The van der Waals surface area contributed by atoms with Crippen LogP contribution < -0.4 is 5.32 Å². The molecule has 100 valence electrons. The van der Waals surface area contributed by atoms with Crippen LogP contribution in [0, 0.1) is 19.8 Å². The Morgan fingerprint density at radius 1 is 1.33 bits per heavy atom. The van der Waals surface area contributed by atoms with Gasteiger partial charge in [0.15, 0.2) is 0 Å². The Balaban J connectivity index is 2.55. The predicted molar refractivity (Wildman–Crippen MR) is 77.3 cm³/mol. The minimum Gasteiger partial charge on any atom is -0.351 e. The fourth-order valence-corrected chi connectivity index (χ4v) is 2.40. The molecule has 1 aromatic carbocycles. The van der Waals surface area contributed by atoms with E-state index >= 15 is 0 Å². The number of amides is 1. The lowest BCUT2D eigenvalue weighted by Crippen LogP contribution is -2.30. The number of carbonyl (C=O) groups is 1. The summed E-state index contributed by atoms with van der Waals surface area (Å²) in [6.07, 6.45) is 0.911. The normalized spacial score (nSPS) is 12.6. The van der Waals surface area contributed by atoms with Crippen molar-refractivity contribution in [3.63, 3.8) is 0 Å². The molecule has 1 atom stereocenters. The molecule has 0 saturated carbocycles. The van der Waals surface area contributed by atoms with Gasteiger partial charge in [-0.05, 0) is 37.8 Å². The van der Waals surface area contributed by atoms with Gasteiger partial charge in [0.05, 0.1) is 5.38 Å². The van der Waals surface area contributed by atoms with Gasteiger partial charge in [-0.1, -0.05) is 31.5 Å². The van der Waals surface area contributed by atoms with Gasteiger partial charge in [-0.3, -0.25) is 4.79 Å². The maximum Gasteiger partial charge on any atom is 0.251 e. The van der Waals surface area contributed by atoms with Crippen molar-refractivity contribution in [3.8, 4) is 0 Å². The van der Waals surface area contributed by atoms with Crippen LogP contribution in [-0.2, 0) is 0 Å². The van der Waals surface area contributed by atoms with Gasteiger partial charge in [-0.15, -0.1) is 11.6 Å². The minimum atomic E-state index is -0.0399. The van der Waals surface area contributed by atoms with Crippen LogP contribution in [-0.4, -0.2) is 17.8 Å². The van der Waals surface area contributed by atoms with Gasteiger partial charge >= 0.3 is 0 Å². The molecule has 0 heterocycles. The highest BCUT2D eigenvalue weighted by Crippen LogP contribution is 2.12. The highest BCUT2D eigenvalue weighted by molar-refractivity contribution is 6.21. The molecule has 0 aromatic heterocycles. The average molecular weight is 268 g/mol. The number of aryl methyl sites for hydroxylation is 2. The van der Waals surface area contributed by atoms with Crippen molar-refractivity contribution in [2.45, 2.75) is 39.5 Å². The Labute approximate surface area is 115 Å². The summed E-state index contributed by atoms with van der Waals surface area (Å²) in [5.41, 5.74) is 2.90.